The van der Waals surface area contributed by atoms with E-state index in [1.165, 1.54) is 148 Å². The molecule has 0 aromatic heterocycles. The minimum Gasteiger partial charge on any atom is -0.546 e. The number of rotatable bonds is 36. The van der Waals surface area contributed by atoms with Crippen molar-refractivity contribution in [2.45, 2.75) is 200 Å². The Morgan fingerprint density at radius 1 is 0.523 bits per heavy atom. The maximum atomic E-state index is 13.2. The number of Topliss-reactive ketones (excluding diaryl/α,β-unsaturated/α-hetero) is 1. The molecule has 0 rings (SSSR count). The van der Waals surface area contributed by atoms with Gasteiger partial charge in [-0.15, -0.1) is 0 Å². The van der Waals surface area contributed by atoms with Crippen LogP contribution in [-0.2, 0) is 14.1 Å². The SMILES string of the molecule is CCCCCCCCCCCCCCCCC(C(=O)CCCCCCCCCCCCCCC)C(=O)[P-]OCC[N+](C)(C)C. The zero-order valence-electron chi connectivity index (χ0n) is 30.6. The van der Waals surface area contributed by atoms with Crippen molar-refractivity contribution in [3.05, 3.63) is 0 Å². The maximum absolute atomic E-state index is 13.2. The summed E-state index contributed by atoms with van der Waals surface area (Å²) >= 11 is 0. The lowest BCUT2D eigenvalue weighted by Crippen LogP contribution is -2.37. The number of quaternary nitrogens is 1. The molecule has 0 bridgehead atoms. The fourth-order valence-electron chi connectivity index (χ4n) is 5.94. The van der Waals surface area contributed by atoms with Crippen LogP contribution in [0.3, 0.4) is 0 Å². The van der Waals surface area contributed by atoms with Crippen LogP contribution in [0.2, 0.25) is 0 Å². The van der Waals surface area contributed by atoms with E-state index in [0.29, 0.717) is 28.3 Å². The summed E-state index contributed by atoms with van der Waals surface area (Å²) in [5.41, 5.74) is -0.0132. The quantitative estimate of drug-likeness (QED) is 0.0296. The molecule has 0 aliphatic rings. The second-order valence-electron chi connectivity index (χ2n) is 14.7. The van der Waals surface area contributed by atoms with Gasteiger partial charge >= 0.3 is 0 Å². The molecule has 0 aromatic carbocycles. The van der Waals surface area contributed by atoms with Crippen molar-refractivity contribution in [3.8, 4) is 0 Å². The van der Waals surface area contributed by atoms with Crippen molar-refractivity contribution in [3.63, 3.8) is 0 Å². The van der Waals surface area contributed by atoms with Gasteiger partial charge in [0.05, 0.1) is 34.3 Å². The predicted molar refractivity (Wildman–Crippen MR) is 195 cm³/mol. The number of ketones is 1. The second-order valence-corrected chi connectivity index (χ2v) is 15.6. The number of hydrogen-bond acceptors (Lipinski definition) is 3. The molecule has 0 aliphatic heterocycles. The molecule has 0 radical (unpaired) electrons. The lowest BCUT2D eigenvalue weighted by molar-refractivity contribution is -0.870. The van der Waals surface area contributed by atoms with Crippen LogP contribution in [0.15, 0.2) is 0 Å². The van der Waals surface area contributed by atoms with Crippen molar-refractivity contribution in [1.82, 2.24) is 0 Å². The first-order chi connectivity index (χ1) is 21.3. The van der Waals surface area contributed by atoms with Crippen molar-refractivity contribution in [1.29, 1.82) is 0 Å². The lowest BCUT2D eigenvalue weighted by atomic mass is 9.93. The van der Waals surface area contributed by atoms with Gasteiger partial charge in [-0.25, -0.2) is 0 Å². The van der Waals surface area contributed by atoms with Crippen LogP contribution in [0, 0.1) is 5.92 Å². The monoisotopic (exact) mass is 640 g/mol. The van der Waals surface area contributed by atoms with Gasteiger partial charge in [0.1, 0.15) is 5.78 Å². The molecule has 0 fully saturated rings. The zero-order valence-corrected chi connectivity index (χ0v) is 31.5. The summed E-state index contributed by atoms with van der Waals surface area (Å²) in [6.07, 6.45) is 36.7. The highest BCUT2D eigenvalue weighted by Gasteiger charge is 2.20. The Labute approximate surface area is 278 Å². The Kier molecular flexibility index (Phi) is 32.4. The lowest BCUT2D eigenvalue weighted by Gasteiger charge is -2.28. The minimum atomic E-state index is -0.463. The largest absolute Gasteiger partial charge is 0.546 e. The van der Waals surface area contributed by atoms with Gasteiger partial charge in [0.15, 0.2) is 0 Å². The Morgan fingerprint density at radius 3 is 1.23 bits per heavy atom. The molecule has 0 saturated carbocycles. The van der Waals surface area contributed by atoms with Crippen molar-refractivity contribution >= 4 is 20.1 Å². The standard InChI is InChI=1S/C39H78NO3P/c1-6-8-10-12-14-16-18-20-22-23-25-27-29-31-33-37(39(42)44-43-36-35-40(3,4)5)38(41)34-32-30-28-26-24-21-19-17-15-13-11-9-7-2/h37H,6-36H2,1-5H3. The summed E-state index contributed by atoms with van der Waals surface area (Å²) in [5, 5.41) is 0. The molecule has 262 valence electrons. The van der Waals surface area contributed by atoms with E-state index >= 15 is 0 Å². The highest BCUT2D eigenvalue weighted by Crippen LogP contribution is 2.27. The van der Waals surface area contributed by atoms with E-state index < -0.39 is 5.92 Å². The normalized spacial score (nSPS) is 12.8. The topological polar surface area (TPSA) is 43.4 Å². The van der Waals surface area contributed by atoms with E-state index in [9.17, 15) is 9.59 Å². The van der Waals surface area contributed by atoms with Crippen LogP contribution < -0.4 is 0 Å². The van der Waals surface area contributed by atoms with E-state index in [1.807, 2.05) is 0 Å². The molecule has 44 heavy (non-hydrogen) atoms. The summed E-state index contributed by atoms with van der Waals surface area (Å²) in [5.74, 6) is -0.300. The molecule has 0 aromatic rings. The van der Waals surface area contributed by atoms with Gasteiger partial charge in [-0.1, -0.05) is 181 Å². The maximum Gasteiger partial charge on any atom is 0.140 e. The zero-order chi connectivity index (χ0) is 32.6. The van der Waals surface area contributed by atoms with E-state index in [-0.39, 0.29) is 11.3 Å². The molecular weight excluding hydrogens is 561 g/mol. The van der Waals surface area contributed by atoms with Crippen LogP contribution in [0.25, 0.3) is 0 Å². The smallest absolute Gasteiger partial charge is 0.140 e. The van der Waals surface area contributed by atoms with Crippen molar-refractivity contribution in [2.24, 2.45) is 5.92 Å². The Balaban J connectivity index is 4.15. The third-order valence-corrected chi connectivity index (χ3v) is 9.87. The summed E-state index contributed by atoms with van der Waals surface area (Å²) in [4.78, 5) is 26.2. The third-order valence-electron chi connectivity index (χ3n) is 9.07. The molecule has 0 spiro atoms. The Hall–Kier alpha value is -0.310. The fourth-order valence-corrected chi connectivity index (χ4v) is 6.64. The Morgan fingerprint density at radius 2 is 0.864 bits per heavy atom. The van der Waals surface area contributed by atoms with E-state index in [0.717, 1.165) is 36.7 Å². The van der Waals surface area contributed by atoms with Gasteiger partial charge in [-0.05, 0) is 12.8 Å². The van der Waals surface area contributed by atoms with Gasteiger partial charge in [-0.2, -0.15) is 0 Å². The molecule has 5 heteroatoms. The van der Waals surface area contributed by atoms with Crippen molar-refractivity contribution in [2.75, 3.05) is 34.3 Å². The van der Waals surface area contributed by atoms with Crippen LogP contribution >= 0.6 is 8.81 Å². The first-order valence-corrected chi connectivity index (χ1v) is 20.3. The minimum absolute atomic E-state index is 0.0132. The van der Waals surface area contributed by atoms with E-state index in [4.69, 9.17) is 4.52 Å². The third kappa shape index (κ3) is 31.7. The molecule has 0 N–H and O–H groups in total. The number of carbonyl (C=O) groups excluding carboxylic acids is 2. The van der Waals surface area contributed by atoms with Crippen LogP contribution in [0.1, 0.15) is 200 Å². The molecule has 1 atom stereocenters. The predicted octanol–water partition coefficient (Wildman–Crippen LogP) is 12.6. The Bertz CT molecular complexity index is 633. The van der Waals surface area contributed by atoms with Gasteiger partial charge in [0.2, 0.25) is 0 Å². The molecule has 0 aliphatic carbocycles. The van der Waals surface area contributed by atoms with Gasteiger partial charge in [0.25, 0.3) is 0 Å². The average molecular weight is 640 g/mol. The molecule has 0 saturated heterocycles. The van der Waals surface area contributed by atoms with Crippen LogP contribution in [0.5, 0.6) is 0 Å². The average Bonchev–Trinajstić information content (AvgIpc) is 2.99. The fraction of sp³-hybridized carbons (Fsp3) is 0.949. The van der Waals surface area contributed by atoms with Crippen molar-refractivity contribution < 1.29 is 18.6 Å². The first kappa shape index (κ1) is 43.7. The molecular formula is C39H78NO3P. The van der Waals surface area contributed by atoms with Gasteiger partial charge in [0, 0.05) is 17.9 Å². The first-order valence-electron chi connectivity index (χ1n) is 19.5. The highest BCUT2D eigenvalue weighted by molar-refractivity contribution is 7.53. The molecule has 4 nitrogen and oxygen atoms in total. The second kappa shape index (κ2) is 32.6. The van der Waals surface area contributed by atoms with Crippen LogP contribution in [0.4, 0.5) is 0 Å². The highest BCUT2D eigenvalue weighted by atomic mass is 31.1. The van der Waals surface area contributed by atoms with E-state index in [1.54, 1.807) is 0 Å². The number of carbonyl (C=O) groups is 2. The number of likely N-dealkylation sites (N-methyl/N-ethyl adjacent to an activating group) is 1. The van der Waals surface area contributed by atoms with Crippen LogP contribution in [-0.4, -0.2) is 50.1 Å². The number of nitrogens with zero attached hydrogens (tertiary/aromatic N) is 1. The van der Waals surface area contributed by atoms with Gasteiger partial charge < -0.3 is 22.6 Å². The van der Waals surface area contributed by atoms with E-state index in [2.05, 4.69) is 35.0 Å². The summed E-state index contributed by atoms with van der Waals surface area (Å²) in [6.45, 7) is 5.97. The molecule has 0 amide bonds. The number of hydrogen-bond donors (Lipinski definition) is 0. The van der Waals surface area contributed by atoms with Gasteiger partial charge in [-0.3, -0.25) is 4.79 Å². The summed E-state index contributed by atoms with van der Waals surface area (Å²) < 4.78 is 6.51. The molecule has 0 heterocycles. The number of unbranched alkanes of at least 4 members (excludes halogenated alkanes) is 25. The summed E-state index contributed by atoms with van der Waals surface area (Å²) in [6, 6.07) is 0. The summed E-state index contributed by atoms with van der Waals surface area (Å²) in [7, 11) is 6.75. The molecule has 1 unspecified atom stereocenters.